The summed E-state index contributed by atoms with van der Waals surface area (Å²) in [4.78, 5) is 13.9. The molecule has 1 aliphatic heterocycles. The molecule has 21 heavy (non-hydrogen) atoms. The standard InChI is InChI=1S/C15H22N2O3S/c1-12(16-15(18)17-7-9-21-10-8-17)11-20-14-6-4-3-5-13(14)19-2/h3-6,12H,7-11H2,1-2H3,(H,16,18). The van der Waals surface area contributed by atoms with Gasteiger partial charge in [-0.3, -0.25) is 0 Å². The zero-order valence-electron chi connectivity index (χ0n) is 12.5. The molecular formula is C15H22N2O3S. The second kappa shape index (κ2) is 8.02. The number of amides is 2. The number of carbonyl (C=O) groups excluding carboxylic acids is 1. The van der Waals surface area contributed by atoms with Crippen LogP contribution < -0.4 is 14.8 Å². The van der Waals surface area contributed by atoms with E-state index in [0.717, 1.165) is 24.6 Å². The lowest BCUT2D eigenvalue weighted by Crippen LogP contribution is -2.48. The quantitative estimate of drug-likeness (QED) is 0.906. The molecule has 1 unspecified atom stereocenters. The van der Waals surface area contributed by atoms with Crippen molar-refractivity contribution in [1.82, 2.24) is 10.2 Å². The number of methoxy groups -OCH3 is 1. The van der Waals surface area contributed by atoms with Crippen LogP contribution in [-0.2, 0) is 0 Å². The molecule has 1 aliphatic rings. The zero-order valence-corrected chi connectivity index (χ0v) is 13.3. The highest BCUT2D eigenvalue weighted by Gasteiger charge is 2.18. The van der Waals surface area contributed by atoms with E-state index in [-0.39, 0.29) is 12.1 Å². The van der Waals surface area contributed by atoms with Crippen molar-refractivity contribution in [1.29, 1.82) is 0 Å². The van der Waals surface area contributed by atoms with Gasteiger partial charge in [0.1, 0.15) is 6.61 Å². The molecule has 1 aromatic carbocycles. The SMILES string of the molecule is COc1ccccc1OCC(C)NC(=O)N1CCSCC1. The molecule has 0 aliphatic carbocycles. The van der Waals surface area contributed by atoms with E-state index in [4.69, 9.17) is 9.47 Å². The van der Waals surface area contributed by atoms with E-state index < -0.39 is 0 Å². The van der Waals surface area contributed by atoms with Crippen LogP contribution in [0.4, 0.5) is 4.79 Å². The van der Waals surface area contributed by atoms with Gasteiger partial charge in [0.05, 0.1) is 13.2 Å². The van der Waals surface area contributed by atoms with Gasteiger partial charge in [-0.25, -0.2) is 4.79 Å². The maximum absolute atomic E-state index is 12.1. The Labute approximate surface area is 130 Å². The second-order valence-electron chi connectivity index (χ2n) is 4.91. The predicted molar refractivity (Wildman–Crippen MR) is 85.4 cm³/mol. The first kappa shape index (κ1) is 15.8. The van der Waals surface area contributed by atoms with Crippen molar-refractivity contribution >= 4 is 17.8 Å². The van der Waals surface area contributed by atoms with Gasteiger partial charge >= 0.3 is 6.03 Å². The Morgan fingerprint density at radius 2 is 2.00 bits per heavy atom. The molecule has 5 nitrogen and oxygen atoms in total. The van der Waals surface area contributed by atoms with E-state index in [1.807, 2.05) is 47.9 Å². The van der Waals surface area contributed by atoms with Gasteiger partial charge in [0.15, 0.2) is 11.5 Å². The van der Waals surface area contributed by atoms with Gasteiger partial charge in [-0.15, -0.1) is 0 Å². The van der Waals surface area contributed by atoms with Gasteiger partial charge in [0, 0.05) is 24.6 Å². The normalized spacial score (nSPS) is 16.2. The van der Waals surface area contributed by atoms with Gasteiger partial charge in [0.2, 0.25) is 0 Å². The molecule has 0 saturated carbocycles. The van der Waals surface area contributed by atoms with Gasteiger partial charge < -0.3 is 19.7 Å². The number of nitrogens with one attached hydrogen (secondary N) is 1. The minimum Gasteiger partial charge on any atom is -0.493 e. The van der Waals surface area contributed by atoms with E-state index in [0.29, 0.717) is 18.1 Å². The number of rotatable bonds is 5. The number of carbonyl (C=O) groups is 1. The Morgan fingerprint density at radius 3 is 2.67 bits per heavy atom. The Bertz CT molecular complexity index is 464. The number of para-hydroxylation sites is 2. The van der Waals surface area contributed by atoms with Crippen LogP contribution in [0.25, 0.3) is 0 Å². The summed E-state index contributed by atoms with van der Waals surface area (Å²) in [5.74, 6) is 3.42. The smallest absolute Gasteiger partial charge is 0.317 e. The summed E-state index contributed by atoms with van der Waals surface area (Å²) < 4.78 is 10.9. The monoisotopic (exact) mass is 310 g/mol. The maximum atomic E-state index is 12.1. The summed E-state index contributed by atoms with van der Waals surface area (Å²) >= 11 is 1.89. The van der Waals surface area contributed by atoms with Crippen LogP contribution in [-0.4, -0.2) is 55.3 Å². The predicted octanol–water partition coefficient (Wildman–Crippen LogP) is 2.22. The van der Waals surface area contributed by atoms with Gasteiger partial charge in [-0.1, -0.05) is 12.1 Å². The first-order valence-corrected chi connectivity index (χ1v) is 8.25. The molecule has 1 N–H and O–H groups in total. The number of hydrogen-bond acceptors (Lipinski definition) is 4. The highest BCUT2D eigenvalue weighted by Crippen LogP contribution is 2.25. The van der Waals surface area contributed by atoms with E-state index >= 15 is 0 Å². The molecule has 1 atom stereocenters. The molecule has 116 valence electrons. The third-order valence-electron chi connectivity index (χ3n) is 3.23. The molecule has 1 saturated heterocycles. The first-order chi connectivity index (χ1) is 10.2. The van der Waals surface area contributed by atoms with Crippen molar-refractivity contribution in [3.8, 4) is 11.5 Å². The Morgan fingerprint density at radius 1 is 1.33 bits per heavy atom. The summed E-state index contributed by atoms with van der Waals surface area (Å²) in [6.45, 7) is 3.98. The third kappa shape index (κ3) is 4.74. The number of urea groups is 1. The summed E-state index contributed by atoms with van der Waals surface area (Å²) in [5.41, 5.74) is 0. The lowest BCUT2D eigenvalue weighted by molar-refractivity contribution is 0.191. The van der Waals surface area contributed by atoms with Gasteiger partial charge in [-0.2, -0.15) is 11.8 Å². The summed E-state index contributed by atoms with van der Waals surface area (Å²) in [6, 6.07) is 7.43. The molecule has 1 aromatic rings. The summed E-state index contributed by atoms with van der Waals surface area (Å²) in [6.07, 6.45) is 0. The van der Waals surface area contributed by atoms with Crippen molar-refractivity contribution < 1.29 is 14.3 Å². The van der Waals surface area contributed by atoms with Crippen molar-refractivity contribution in [2.75, 3.05) is 38.3 Å². The topological polar surface area (TPSA) is 50.8 Å². The van der Waals surface area contributed by atoms with E-state index in [2.05, 4.69) is 5.32 Å². The highest BCUT2D eigenvalue weighted by molar-refractivity contribution is 7.99. The molecule has 2 rings (SSSR count). The molecule has 1 heterocycles. The van der Waals surface area contributed by atoms with Crippen LogP contribution >= 0.6 is 11.8 Å². The molecule has 0 aromatic heterocycles. The second-order valence-corrected chi connectivity index (χ2v) is 6.14. The van der Waals surface area contributed by atoms with Gasteiger partial charge in [0.25, 0.3) is 0 Å². The number of nitrogens with zero attached hydrogens (tertiary/aromatic N) is 1. The molecule has 0 bridgehead atoms. The minimum atomic E-state index is -0.0583. The van der Waals surface area contributed by atoms with Crippen LogP contribution in [0.3, 0.4) is 0 Å². The fraction of sp³-hybridized carbons (Fsp3) is 0.533. The number of hydrogen-bond donors (Lipinski definition) is 1. The molecular weight excluding hydrogens is 288 g/mol. The summed E-state index contributed by atoms with van der Waals surface area (Å²) in [5, 5.41) is 2.97. The third-order valence-corrected chi connectivity index (χ3v) is 4.17. The van der Waals surface area contributed by atoms with E-state index in [1.54, 1.807) is 7.11 Å². The van der Waals surface area contributed by atoms with E-state index in [1.165, 1.54) is 0 Å². The summed E-state index contributed by atoms with van der Waals surface area (Å²) in [7, 11) is 1.61. The lowest BCUT2D eigenvalue weighted by atomic mass is 10.3. The average Bonchev–Trinajstić information content (AvgIpc) is 2.54. The fourth-order valence-electron chi connectivity index (χ4n) is 2.06. The van der Waals surface area contributed by atoms with Crippen LogP contribution in [0.1, 0.15) is 6.92 Å². The largest absolute Gasteiger partial charge is 0.493 e. The zero-order chi connectivity index (χ0) is 15.1. The van der Waals surface area contributed by atoms with Crippen LogP contribution in [0.5, 0.6) is 11.5 Å². The Hall–Kier alpha value is -1.56. The lowest BCUT2D eigenvalue weighted by Gasteiger charge is -2.28. The molecule has 0 spiro atoms. The fourth-order valence-corrected chi connectivity index (χ4v) is 2.97. The van der Waals surface area contributed by atoms with E-state index in [9.17, 15) is 4.79 Å². The van der Waals surface area contributed by atoms with Crippen molar-refractivity contribution in [3.05, 3.63) is 24.3 Å². The number of benzene rings is 1. The maximum Gasteiger partial charge on any atom is 0.317 e. The average molecular weight is 310 g/mol. The Balaban J connectivity index is 1.78. The molecule has 2 amide bonds. The van der Waals surface area contributed by atoms with Gasteiger partial charge in [-0.05, 0) is 19.1 Å². The molecule has 1 fully saturated rings. The van der Waals surface area contributed by atoms with Crippen LogP contribution in [0.2, 0.25) is 0 Å². The molecule has 6 heteroatoms. The van der Waals surface area contributed by atoms with Crippen molar-refractivity contribution in [2.24, 2.45) is 0 Å². The number of ether oxygens (including phenoxy) is 2. The first-order valence-electron chi connectivity index (χ1n) is 7.09. The van der Waals surface area contributed by atoms with Crippen molar-refractivity contribution in [3.63, 3.8) is 0 Å². The Kier molecular flexibility index (Phi) is 6.04. The van der Waals surface area contributed by atoms with Crippen LogP contribution in [0.15, 0.2) is 24.3 Å². The number of thioether (sulfide) groups is 1. The van der Waals surface area contributed by atoms with Crippen LogP contribution in [0, 0.1) is 0 Å². The van der Waals surface area contributed by atoms with Crippen molar-refractivity contribution in [2.45, 2.75) is 13.0 Å². The molecule has 0 radical (unpaired) electrons. The highest BCUT2D eigenvalue weighted by atomic mass is 32.2. The minimum absolute atomic E-state index is 0.00794.